The molecule has 1 rings (SSSR count). The van der Waals surface area contributed by atoms with Gasteiger partial charge in [-0.05, 0) is 70.1 Å². The van der Waals surface area contributed by atoms with Crippen LogP contribution in [0.3, 0.4) is 0 Å². The highest BCUT2D eigenvalue weighted by Crippen LogP contribution is 2.30. The van der Waals surface area contributed by atoms with E-state index in [1.165, 1.54) is 12.1 Å². The molecule has 0 saturated carbocycles. The van der Waals surface area contributed by atoms with Gasteiger partial charge in [-0.25, -0.2) is 9.59 Å². The highest BCUT2D eigenvalue weighted by Gasteiger charge is 2.22. The first-order chi connectivity index (χ1) is 19.3. The Hall–Kier alpha value is -3.34. The van der Waals surface area contributed by atoms with Gasteiger partial charge in [0.1, 0.15) is 31.0 Å². The second-order valence-corrected chi connectivity index (χ2v) is 10.6. The van der Waals surface area contributed by atoms with Crippen molar-refractivity contribution in [1.82, 2.24) is 0 Å². The largest absolute Gasteiger partial charge is 0.514 e. The summed E-state index contributed by atoms with van der Waals surface area (Å²) in [5, 5.41) is 0. The molecule has 2 unspecified atom stereocenters. The Morgan fingerprint density at radius 2 is 1.32 bits per heavy atom. The van der Waals surface area contributed by atoms with E-state index in [1.54, 1.807) is 26.8 Å². The maximum atomic E-state index is 12.5. The summed E-state index contributed by atoms with van der Waals surface area (Å²) < 4.78 is 31.6. The predicted octanol–water partition coefficient (Wildman–Crippen LogP) is 5.88. The zero-order valence-corrected chi connectivity index (χ0v) is 25.4. The molecule has 0 aliphatic carbocycles. The van der Waals surface area contributed by atoms with Gasteiger partial charge in [-0.15, -0.1) is 0 Å². The van der Waals surface area contributed by atoms with Crippen molar-refractivity contribution >= 4 is 24.2 Å². The van der Waals surface area contributed by atoms with Crippen LogP contribution in [0.1, 0.15) is 92.6 Å². The van der Waals surface area contributed by atoms with Gasteiger partial charge < -0.3 is 34.2 Å². The number of hydrogen-bond acceptors (Lipinski definition) is 11. The number of ether oxygens (including phenoxy) is 6. The quantitative estimate of drug-likeness (QED) is 0.133. The number of rotatable bonds is 17. The Morgan fingerprint density at radius 1 is 0.756 bits per heavy atom. The van der Waals surface area contributed by atoms with Crippen LogP contribution in [-0.2, 0) is 35.0 Å². The highest BCUT2D eigenvalue weighted by molar-refractivity contribution is 5.76. The van der Waals surface area contributed by atoms with E-state index in [-0.39, 0.29) is 42.7 Å². The van der Waals surface area contributed by atoms with Crippen LogP contribution in [0.2, 0.25) is 0 Å². The van der Waals surface area contributed by atoms with Crippen molar-refractivity contribution < 1.29 is 47.6 Å². The van der Waals surface area contributed by atoms with Crippen LogP contribution in [-0.4, -0.2) is 55.2 Å². The van der Waals surface area contributed by atoms with E-state index in [2.05, 4.69) is 0 Å². The molecule has 11 heteroatoms. The lowest BCUT2D eigenvalue weighted by Gasteiger charge is -2.18. The summed E-state index contributed by atoms with van der Waals surface area (Å²) in [6.07, 6.45) is 0.695. The number of carbonyl (C=O) groups is 4. The van der Waals surface area contributed by atoms with Crippen LogP contribution in [0.4, 0.5) is 9.59 Å². The fraction of sp³-hybridized carbons (Fsp3) is 0.667. The van der Waals surface area contributed by atoms with Crippen molar-refractivity contribution in [3.05, 3.63) is 23.8 Å². The SMILES string of the molecule is CCCC(C)OC(=O)Oc1ccc(C[C@H](N)C(=O)OC[C@H](C)OC(=O)CCC(C)C)cc1OC(=O)OC(C)CCC. The molecule has 0 amide bonds. The van der Waals surface area contributed by atoms with Gasteiger partial charge in [0.25, 0.3) is 0 Å². The van der Waals surface area contributed by atoms with Crippen LogP contribution >= 0.6 is 0 Å². The molecule has 0 aliphatic rings. The Balaban J connectivity index is 2.87. The first kappa shape index (κ1) is 35.7. The van der Waals surface area contributed by atoms with E-state index in [0.29, 0.717) is 37.2 Å². The third kappa shape index (κ3) is 15.3. The lowest BCUT2D eigenvalue weighted by atomic mass is 10.1. The number of esters is 2. The van der Waals surface area contributed by atoms with Gasteiger partial charge in [-0.3, -0.25) is 9.59 Å². The summed E-state index contributed by atoms with van der Waals surface area (Å²) in [6.45, 7) is 12.9. The molecule has 1 aromatic rings. The van der Waals surface area contributed by atoms with Crippen molar-refractivity contribution in [2.75, 3.05) is 6.61 Å². The van der Waals surface area contributed by atoms with Crippen molar-refractivity contribution in [1.29, 1.82) is 0 Å². The van der Waals surface area contributed by atoms with Gasteiger partial charge >= 0.3 is 24.2 Å². The van der Waals surface area contributed by atoms with Crippen LogP contribution in [0, 0.1) is 5.92 Å². The number of hydrogen-bond donors (Lipinski definition) is 1. The van der Waals surface area contributed by atoms with Crippen LogP contribution in [0.15, 0.2) is 18.2 Å². The molecule has 0 spiro atoms. The average Bonchev–Trinajstić information content (AvgIpc) is 2.87. The van der Waals surface area contributed by atoms with Crippen LogP contribution in [0.5, 0.6) is 11.5 Å². The van der Waals surface area contributed by atoms with Crippen molar-refractivity contribution in [3.8, 4) is 11.5 Å². The monoisotopic (exact) mass is 581 g/mol. The molecular formula is C30H47NO10. The fourth-order valence-electron chi connectivity index (χ4n) is 3.70. The zero-order valence-electron chi connectivity index (χ0n) is 25.4. The minimum absolute atomic E-state index is 0.0251. The van der Waals surface area contributed by atoms with Crippen LogP contribution < -0.4 is 15.2 Å². The summed E-state index contributed by atoms with van der Waals surface area (Å²) in [4.78, 5) is 49.0. The van der Waals surface area contributed by atoms with Crippen molar-refractivity contribution in [2.24, 2.45) is 11.7 Å². The minimum Gasteiger partial charge on any atom is -0.461 e. The predicted molar refractivity (Wildman–Crippen MR) is 152 cm³/mol. The maximum Gasteiger partial charge on any atom is 0.514 e. The standard InChI is InChI=1S/C30H47NO10/c1-8-10-20(5)38-29(34)40-25-14-13-23(17-26(25)41-30(35)39-21(6)11-9-2)16-24(31)28(33)36-18-22(7)37-27(32)15-12-19(3)4/h13-14,17,19-22,24H,8-12,15-16,18,31H2,1-7H3/t20?,21?,22-,24-/m0/s1. The van der Waals surface area contributed by atoms with Crippen LogP contribution in [0.25, 0.3) is 0 Å². The normalized spacial score (nSPS) is 13.9. The third-order valence-electron chi connectivity index (χ3n) is 5.86. The average molecular weight is 582 g/mol. The highest BCUT2D eigenvalue weighted by atomic mass is 16.7. The van der Waals surface area contributed by atoms with E-state index >= 15 is 0 Å². The lowest BCUT2D eigenvalue weighted by Crippen LogP contribution is -2.36. The molecule has 1 aromatic carbocycles. The zero-order chi connectivity index (χ0) is 30.9. The van der Waals surface area contributed by atoms with E-state index in [0.717, 1.165) is 12.8 Å². The Labute approximate surface area is 243 Å². The lowest BCUT2D eigenvalue weighted by molar-refractivity contribution is -0.158. The number of nitrogens with two attached hydrogens (primary N) is 1. The molecule has 41 heavy (non-hydrogen) atoms. The second kappa shape index (κ2) is 18.9. The molecule has 0 aromatic heterocycles. The summed E-state index contributed by atoms with van der Waals surface area (Å²) in [5.74, 6) is -0.837. The van der Waals surface area contributed by atoms with Gasteiger partial charge in [-0.1, -0.05) is 46.6 Å². The molecule has 0 bridgehead atoms. The molecule has 2 N–H and O–H groups in total. The second-order valence-electron chi connectivity index (χ2n) is 10.6. The number of carbonyl (C=O) groups excluding carboxylic acids is 4. The summed E-state index contributed by atoms with van der Waals surface area (Å²) in [6, 6.07) is 3.35. The van der Waals surface area contributed by atoms with Gasteiger partial charge in [-0.2, -0.15) is 0 Å². The summed E-state index contributed by atoms with van der Waals surface area (Å²) in [5.41, 5.74) is 6.56. The van der Waals surface area contributed by atoms with Gasteiger partial charge in [0, 0.05) is 6.42 Å². The van der Waals surface area contributed by atoms with E-state index in [1.807, 2.05) is 27.7 Å². The van der Waals surface area contributed by atoms with Gasteiger partial charge in [0.15, 0.2) is 11.5 Å². The van der Waals surface area contributed by atoms with Crippen molar-refractivity contribution in [2.45, 2.75) is 118 Å². The minimum atomic E-state index is -1.06. The number of benzene rings is 1. The maximum absolute atomic E-state index is 12.5. The first-order valence-electron chi connectivity index (χ1n) is 14.4. The van der Waals surface area contributed by atoms with Gasteiger partial charge in [0.05, 0.1) is 0 Å². The van der Waals surface area contributed by atoms with Gasteiger partial charge in [0.2, 0.25) is 0 Å². The first-order valence-corrected chi connectivity index (χ1v) is 14.4. The molecule has 232 valence electrons. The van der Waals surface area contributed by atoms with E-state index in [4.69, 9.17) is 34.2 Å². The third-order valence-corrected chi connectivity index (χ3v) is 5.86. The fourth-order valence-corrected chi connectivity index (χ4v) is 3.70. The Bertz CT molecular complexity index is 980. The Morgan fingerprint density at radius 3 is 1.85 bits per heavy atom. The Kier molecular flexibility index (Phi) is 16.5. The summed E-state index contributed by atoms with van der Waals surface area (Å²) in [7, 11) is 0. The molecule has 0 saturated heterocycles. The van der Waals surface area contributed by atoms with E-state index < -0.39 is 30.4 Å². The molecule has 0 heterocycles. The molecule has 4 atom stereocenters. The summed E-state index contributed by atoms with van der Waals surface area (Å²) >= 11 is 0. The smallest absolute Gasteiger partial charge is 0.461 e. The molecule has 0 fully saturated rings. The molecule has 11 nitrogen and oxygen atoms in total. The molecular weight excluding hydrogens is 534 g/mol. The molecule has 0 radical (unpaired) electrons. The van der Waals surface area contributed by atoms with E-state index in [9.17, 15) is 19.2 Å². The molecule has 0 aliphatic heterocycles. The van der Waals surface area contributed by atoms with Crippen molar-refractivity contribution in [3.63, 3.8) is 0 Å². The topological polar surface area (TPSA) is 150 Å².